The maximum absolute atomic E-state index is 11.4. The zero-order valence-corrected chi connectivity index (χ0v) is 8.87. The number of Topliss-reactive ketones (excluding diaryl/α,β-unsaturated/α-hetero) is 1. The molecule has 0 amide bonds. The highest BCUT2D eigenvalue weighted by Gasteiger charge is 2.13. The summed E-state index contributed by atoms with van der Waals surface area (Å²) in [7, 11) is 0. The molecule has 0 bridgehead atoms. The number of carbonyl (C=O) groups is 1. The Balaban J connectivity index is 3.35. The number of hydrogen-bond donors (Lipinski definition) is 1. The van der Waals surface area contributed by atoms with Crippen LogP contribution in [0.15, 0.2) is 18.2 Å². The first kappa shape index (κ1) is 10.9. The second-order valence-electron chi connectivity index (χ2n) is 3.75. The van der Waals surface area contributed by atoms with E-state index in [1.54, 1.807) is 6.92 Å². The lowest BCUT2D eigenvalue weighted by molar-refractivity contribution is 0.101. The highest BCUT2D eigenvalue weighted by Crippen LogP contribution is 2.24. The van der Waals surface area contributed by atoms with E-state index in [4.69, 9.17) is 5.11 Å². The zero-order valence-electron chi connectivity index (χ0n) is 8.87. The Bertz CT molecular complexity index is 340. The molecule has 0 atom stereocenters. The van der Waals surface area contributed by atoms with Gasteiger partial charge in [-0.15, -0.1) is 0 Å². The molecule has 1 aromatic rings. The first-order valence-corrected chi connectivity index (χ1v) is 4.81. The molecule has 0 aliphatic carbocycles. The summed E-state index contributed by atoms with van der Waals surface area (Å²) in [6, 6.07) is 5.49. The molecule has 0 aliphatic rings. The van der Waals surface area contributed by atoms with Crippen molar-refractivity contribution in [3.05, 3.63) is 34.9 Å². The Labute approximate surface area is 84.6 Å². The Morgan fingerprint density at radius 3 is 2.50 bits per heavy atom. The van der Waals surface area contributed by atoms with Gasteiger partial charge in [-0.2, -0.15) is 0 Å². The first-order chi connectivity index (χ1) is 6.57. The van der Waals surface area contributed by atoms with Gasteiger partial charge in [-0.1, -0.05) is 32.0 Å². The maximum Gasteiger partial charge on any atom is 0.160 e. The minimum absolute atomic E-state index is 0.00532. The van der Waals surface area contributed by atoms with Crippen molar-refractivity contribution in [2.24, 2.45) is 0 Å². The molecule has 14 heavy (non-hydrogen) atoms. The van der Waals surface area contributed by atoms with Gasteiger partial charge in [-0.3, -0.25) is 4.79 Å². The van der Waals surface area contributed by atoms with E-state index in [1.807, 2.05) is 32.0 Å². The molecule has 0 heterocycles. The molecule has 76 valence electrons. The lowest BCUT2D eigenvalue weighted by Gasteiger charge is -2.14. The van der Waals surface area contributed by atoms with Crippen LogP contribution >= 0.6 is 0 Å². The van der Waals surface area contributed by atoms with Gasteiger partial charge in [0.2, 0.25) is 0 Å². The van der Waals surface area contributed by atoms with Gasteiger partial charge in [0.05, 0.1) is 6.61 Å². The molecule has 0 aliphatic heterocycles. The molecule has 1 aromatic carbocycles. The minimum Gasteiger partial charge on any atom is -0.392 e. The highest BCUT2D eigenvalue weighted by atomic mass is 16.3. The second-order valence-corrected chi connectivity index (χ2v) is 3.75. The monoisotopic (exact) mass is 192 g/mol. The van der Waals surface area contributed by atoms with Gasteiger partial charge in [0.15, 0.2) is 5.78 Å². The van der Waals surface area contributed by atoms with Crippen LogP contribution in [0.5, 0.6) is 0 Å². The standard InChI is InChI=1S/C12H16O2/c1-8(2)12-10(7-13)5-4-6-11(12)9(3)14/h4-6,8,13H,7H2,1-3H3. The van der Waals surface area contributed by atoms with E-state index in [0.29, 0.717) is 0 Å². The van der Waals surface area contributed by atoms with E-state index in [9.17, 15) is 4.79 Å². The molecule has 0 saturated heterocycles. The molecular weight excluding hydrogens is 176 g/mol. The van der Waals surface area contributed by atoms with Gasteiger partial charge in [-0.05, 0) is 24.0 Å². The Morgan fingerprint density at radius 2 is 2.07 bits per heavy atom. The third-order valence-corrected chi connectivity index (χ3v) is 2.32. The van der Waals surface area contributed by atoms with Crippen molar-refractivity contribution in [3.8, 4) is 0 Å². The molecule has 0 saturated carbocycles. The van der Waals surface area contributed by atoms with Gasteiger partial charge in [-0.25, -0.2) is 0 Å². The number of ketones is 1. The number of hydrogen-bond acceptors (Lipinski definition) is 2. The summed E-state index contributed by atoms with van der Waals surface area (Å²) in [6.45, 7) is 5.61. The predicted molar refractivity (Wildman–Crippen MR) is 56.5 cm³/mol. The largest absolute Gasteiger partial charge is 0.392 e. The summed E-state index contributed by atoms with van der Waals surface area (Å²) in [5, 5.41) is 9.16. The molecule has 1 rings (SSSR count). The van der Waals surface area contributed by atoms with Crippen LogP contribution in [0.1, 0.15) is 48.2 Å². The van der Waals surface area contributed by atoms with Crippen LogP contribution in [-0.4, -0.2) is 10.9 Å². The summed E-state index contributed by atoms with van der Waals surface area (Å²) in [4.78, 5) is 11.4. The molecule has 0 unspecified atom stereocenters. The van der Waals surface area contributed by atoms with Gasteiger partial charge >= 0.3 is 0 Å². The molecule has 0 radical (unpaired) electrons. The summed E-state index contributed by atoms with van der Waals surface area (Å²) >= 11 is 0. The molecule has 0 aromatic heterocycles. The fourth-order valence-electron chi connectivity index (χ4n) is 1.74. The van der Waals surface area contributed by atoms with Crippen LogP contribution in [0.4, 0.5) is 0 Å². The average molecular weight is 192 g/mol. The van der Waals surface area contributed by atoms with Crippen molar-refractivity contribution in [1.82, 2.24) is 0 Å². The fraction of sp³-hybridized carbons (Fsp3) is 0.417. The van der Waals surface area contributed by atoms with Crippen molar-refractivity contribution in [2.45, 2.75) is 33.3 Å². The number of rotatable bonds is 3. The van der Waals surface area contributed by atoms with Crippen LogP contribution in [-0.2, 0) is 6.61 Å². The number of aliphatic hydroxyl groups is 1. The number of carbonyl (C=O) groups excluding carboxylic acids is 1. The molecule has 1 N–H and O–H groups in total. The van der Waals surface area contributed by atoms with Crippen molar-refractivity contribution in [3.63, 3.8) is 0 Å². The van der Waals surface area contributed by atoms with E-state index in [-0.39, 0.29) is 18.3 Å². The summed E-state index contributed by atoms with van der Waals surface area (Å²) in [6.07, 6.45) is 0. The van der Waals surface area contributed by atoms with Gasteiger partial charge in [0.1, 0.15) is 0 Å². The quantitative estimate of drug-likeness (QED) is 0.747. The second kappa shape index (κ2) is 4.38. The molecule has 2 nitrogen and oxygen atoms in total. The van der Waals surface area contributed by atoms with Crippen LogP contribution < -0.4 is 0 Å². The van der Waals surface area contributed by atoms with E-state index < -0.39 is 0 Å². The SMILES string of the molecule is CC(=O)c1cccc(CO)c1C(C)C. The lowest BCUT2D eigenvalue weighted by atomic mass is 9.91. The van der Waals surface area contributed by atoms with Crippen LogP contribution in [0.3, 0.4) is 0 Å². The van der Waals surface area contributed by atoms with Gasteiger partial charge in [0.25, 0.3) is 0 Å². The number of benzene rings is 1. The predicted octanol–water partition coefficient (Wildman–Crippen LogP) is 2.50. The van der Waals surface area contributed by atoms with Crippen LogP contribution in [0, 0.1) is 0 Å². The molecular formula is C12H16O2. The van der Waals surface area contributed by atoms with E-state index in [1.165, 1.54) is 0 Å². The van der Waals surface area contributed by atoms with E-state index in [0.717, 1.165) is 16.7 Å². The van der Waals surface area contributed by atoms with E-state index >= 15 is 0 Å². The van der Waals surface area contributed by atoms with Gasteiger partial charge in [0, 0.05) is 5.56 Å². The Hall–Kier alpha value is -1.15. The van der Waals surface area contributed by atoms with E-state index in [2.05, 4.69) is 0 Å². The average Bonchev–Trinajstić information content (AvgIpc) is 2.16. The maximum atomic E-state index is 11.4. The Morgan fingerprint density at radius 1 is 1.43 bits per heavy atom. The Kier molecular flexibility index (Phi) is 3.42. The number of aliphatic hydroxyl groups excluding tert-OH is 1. The third-order valence-electron chi connectivity index (χ3n) is 2.32. The van der Waals surface area contributed by atoms with Crippen molar-refractivity contribution in [2.75, 3.05) is 0 Å². The van der Waals surface area contributed by atoms with Crippen molar-refractivity contribution in [1.29, 1.82) is 0 Å². The smallest absolute Gasteiger partial charge is 0.160 e. The van der Waals surface area contributed by atoms with Crippen molar-refractivity contribution < 1.29 is 9.90 Å². The van der Waals surface area contributed by atoms with Crippen LogP contribution in [0.2, 0.25) is 0 Å². The molecule has 0 fully saturated rings. The normalized spacial score (nSPS) is 10.6. The summed E-state index contributed by atoms with van der Waals surface area (Å²) < 4.78 is 0. The summed E-state index contributed by atoms with van der Waals surface area (Å²) in [5.74, 6) is 0.321. The highest BCUT2D eigenvalue weighted by molar-refractivity contribution is 5.96. The van der Waals surface area contributed by atoms with Gasteiger partial charge < -0.3 is 5.11 Å². The lowest BCUT2D eigenvalue weighted by Crippen LogP contribution is -2.05. The van der Waals surface area contributed by atoms with Crippen molar-refractivity contribution >= 4 is 5.78 Å². The summed E-state index contributed by atoms with van der Waals surface area (Å²) in [5.41, 5.74) is 2.56. The first-order valence-electron chi connectivity index (χ1n) is 4.81. The topological polar surface area (TPSA) is 37.3 Å². The zero-order chi connectivity index (χ0) is 10.7. The third kappa shape index (κ3) is 2.02. The molecule has 2 heteroatoms. The molecule has 0 spiro atoms. The minimum atomic E-state index is -0.00532. The fourth-order valence-corrected chi connectivity index (χ4v) is 1.74. The van der Waals surface area contributed by atoms with Crippen LogP contribution in [0.25, 0.3) is 0 Å².